The van der Waals surface area contributed by atoms with E-state index < -0.39 is 0 Å². The Kier molecular flexibility index (Phi) is 1.27. The molecule has 1 saturated carbocycles. The van der Waals surface area contributed by atoms with Crippen LogP contribution in [0, 0.1) is 10.8 Å². The Morgan fingerprint density at radius 2 is 1.50 bits per heavy atom. The molecule has 0 saturated heterocycles. The molecule has 2 N–H and O–H groups in total. The molecular weight excluding hydrogens is 122 g/mol. The molecule has 0 radical (unpaired) electrons. The minimum Gasteiger partial charge on any atom is -0.324 e. The van der Waals surface area contributed by atoms with Gasteiger partial charge < -0.3 is 5.73 Å². The zero-order valence-corrected chi connectivity index (χ0v) is 7.78. The molecule has 0 aromatic rings. The highest BCUT2D eigenvalue weighted by Gasteiger charge is 2.64. The van der Waals surface area contributed by atoms with Crippen molar-refractivity contribution in [2.75, 3.05) is 0 Å². The third-order valence-electron chi connectivity index (χ3n) is 3.14. The first kappa shape index (κ1) is 8.06. The van der Waals surface area contributed by atoms with Crippen molar-refractivity contribution in [2.45, 2.75) is 46.6 Å². The van der Waals surface area contributed by atoms with Crippen molar-refractivity contribution in [3.63, 3.8) is 0 Å². The molecule has 1 unspecified atom stereocenters. The standard InChI is InChI=1S/C9H19N/c1-7(2,3)9(10)6-8(9,4)5/h6,10H2,1-5H3. The minimum absolute atomic E-state index is 0.0833. The number of rotatable bonds is 0. The van der Waals surface area contributed by atoms with Gasteiger partial charge in [-0.3, -0.25) is 0 Å². The Balaban J connectivity index is 2.78. The first-order valence-corrected chi connectivity index (χ1v) is 4.00. The molecule has 10 heavy (non-hydrogen) atoms. The molecule has 0 aromatic heterocycles. The topological polar surface area (TPSA) is 26.0 Å². The Morgan fingerprint density at radius 3 is 1.50 bits per heavy atom. The summed E-state index contributed by atoms with van der Waals surface area (Å²) in [6.07, 6.45) is 1.17. The largest absolute Gasteiger partial charge is 0.324 e. The molecule has 0 amide bonds. The van der Waals surface area contributed by atoms with Gasteiger partial charge in [-0.2, -0.15) is 0 Å². The van der Waals surface area contributed by atoms with Crippen molar-refractivity contribution >= 4 is 0 Å². The van der Waals surface area contributed by atoms with Gasteiger partial charge in [-0.15, -0.1) is 0 Å². The lowest BCUT2D eigenvalue weighted by Crippen LogP contribution is -2.41. The summed E-state index contributed by atoms with van der Waals surface area (Å²) in [6.45, 7) is 11.2. The second kappa shape index (κ2) is 1.58. The van der Waals surface area contributed by atoms with E-state index in [0.717, 1.165) is 0 Å². The van der Waals surface area contributed by atoms with E-state index in [1.165, 1.54) is 6.42 Å². The monoisotopic (exact) mass is 141 g/mol. The van der Waals surface area contributed by atoms with Crippen LogP contribution < -0.4 is 5.73 Å². The third kappa shape index (κ3) is 0.800. The van der Waals surface area contributed by atoms with Gasteiger partial charge in [0.25, 0.3) is 0 Å². The van der Waals surface area contributed by atoms with Crippen molar-refractivity contribution in [3.8, 4) is 0 Å². The van der Waals surface area contributed by atoms with E-state index in [1.54, 1.807) is 0 Å². The maximum Gasteiger partial charge on any atom is 0.0261 e. The fourth-order valence-electron chi connectivity index (χ4n) is 1.93. The highest BCUT2D eigenvalue weighted by Crippen LogP contribution is 2.61. The van der Waals surface area contributed by atoms with Gasteiger partial charge in [0.2, 0.25) is 0 Å². The van der Waals surface area contributed by atoms with Crippen LogP contribution >= 0.6 is 0 Å². The van der Waals surface area contributed by atoms with Gasteiger partial charge >= 0.3 is 0 Å². The van der Waals surface area contributed by atoms with E-state index in [2.05, 4.69) is 34.6 Å². The van der Waals surface area contributed by atoms with Gasteiger partial charge in [0, 0.05) is 5.54 Å². The fourth-order valence-corrected chi connectivity index (χ4v) is 1.93. The van der Waals surface area contributed by atoms with E-state index in [-0.39, 0.29) is 11.0 Å². The molecule has 1 nitrogen and oxygen atoms in total. The number of hydrogen-bond donors (Lipinski definition) is 1. The molecule has 0 heterocycles. The predicted molar refractivity (Wildman–Crippen MR) is 44.8 cm³/mol. The van der Waals surface area contributed by atoms with E-state index in [0.29, 0.717) is 5.41 Å². The average Bonchev–Trinajstić information content (AvgIpc) is 2.05. The molecule has 0 aromatic carbocycles. The summed E-state index contributed by atoms with van der Waals surface area (Å²) in [5.74, 6) is 0. The van der Waals surface area contributed by atoms with Crippen LogP contribution in [0.2, 0.25) is 0 Å². The molecule has 1 aliphatic rings. The molecule has 1 rings (SSSR count). The summed E-state index contributed by atoms with van der Waals surface area (Å²) in [6, 6.07) is 0. The summed E-state index contributed by atoms with van der Waals surface area (Å²) in [7, 11) is 0. The van der Waals surface area contributed by atoms with Gasteiger partial charge in [0.15, 0.2) is 0 Å². The maximum absolute atomic E-state index is 6.20. The number of hydrogen-bond acceptors (Lipinski definition) is 1. The summed E-state index contributed by atoms with van der Waals surface area (Å²) in [5, 5.41) is 0. The average molecular weight is 141 g/mol. The number of nitrogens with two attached hydrogens (primary N) is 1. The van der Waals surface area contributed by atoms with Gasteiger partial charge in [-0.25, -0.2) is 0 Å². The van der Waals surface area contributed by atoms with Crippen LogP contribution in [0.3, 0.4) is 0 Å². The molecule has 1 fully saturated rings. The van der Waals surface area contributed by atoms with E-state index in [4.69, 9.17) is 5.73 Å². The van der Waals surface area contributed by atoms with Gasteiger partial charge in [0.1, 0.15) is 0 Å². The van der Waals surface area contributed by atoms with Crippen LogP contribution in [0.4, 0.5) is 0 Å². The molecule has 1 atom stereocenters. The zero-order valence-electron chi connectivity index (χ0n) is 7.78. The van der Waals surface area contributed by atoms with Crippen LogP contribution in [0.25, 0.3) is 0 Å². The smallest absolute Gasteiger partial charge is 0.0261 e. The van der Waals surface area contributed by atoms with Gasteiger partial charge in [0.05, 0.1) is 0 Å². The quantitative estimate of drug-likeness (QED) is 0.549. The van der Waals surface area contributed by atoms with Crippen LogP contribution in [0.15, 0.2) is 0 Å². The van der Waals surface area contributed by atoms with E-state index >= 15 is 0 Å². The van der Waals surface area contributed by atoms with Crippen LogP contribution in [-0.4, -0.2) is 5.54 Å². The molecule has 1 heteroatoms. The lowest BCUT2D eigenvalue weighted by Gasteiger charge is -2.30. The zero-order chi connectivity index (χ0) is 8.21. The summed E-state index contributed by atoms with van der Waals surface area (Å²) in [5.41, 5.74) is 6.91. The summed E-state index contributed by atoms with van der Waals surface area (Å²) < 4.78 is 0. The first-order valence-electron chi connectivity index (χ1n) is 4.00. The van der Waals surface area contributed by atoms with Crippen molar-refractivity contribution in [1.29, 1.82) is 0 Å². The predicted octanol–water partition coefficient (Wildman–Crippen LogP) is 2.16. The van der Waals surface area contributed by atoms with Gasteiger partial charge in [-0.05, 0) is 17.3 Å². The minimum atomic E-state index is 0.0833. The summed E-state index contributed by atoms with van der Waals surface area (Å²) >= 11 is 0. The maximum atomic E-state index is 6.20. The van der Waals surface area contributed by atoms with E-state index in [9.17, 15) is 0 Å². The molecule has 1 aliphatic carbocycles. The molecule has 0 spiro atoms. The van der Waals surface area contributed by atoms with Crippen LogP contribution in [-0.2, 0) is 0 Å². The Labute approximate surface area is 64.0 Å². The molecule has 0 aliphatic heterocycles. The second-order valence-corrected chi connectivity index (χ2v) is 5.28. The highest BCUT2D eigenvalue weighted by molar-refractivity contribution is 5.20. The molecular formula is C9H19N. The third-order valence-corrected chi connectivity index (χ3v) is 3.14. The second-order valence-electron chi connectivity index (χ2n) is 5.28. The van der Waals surface area contributed by atoms with Gasteiger partial charge in [-0.1, -0.05) is 34.6 Å². The molecule has 0 bridgehead atoms. The highest BCUT2D eigenvalue weighted by atomic mass is 14.9. The summed E-state index contributed by atoms with van der Waals surface area (Å²) in [4.78, 5) is 0. The normalized spacial score (nSPS) is 37.8. The van der Waals surface area contributed by atoms with E-state index in [1.807, 2.05) is 0 Å². The molecule has 60 valence electrons. The Morgan fingerprint density at radius 1 is 1.20 bits per heavy atom. The fraction of sp³-hybridized carbons (Fsp3) is 1.00. The lowest BCUT2D eigenvalue weighted by atomic mass is 9.80. The van der Waals surface area contributed by atoms with Crippen LogP contribution in [0.1, 0.15) is 41.0 Å². The van der Waals surface area contributed by atoms with Crippen molar-refractivity contribution < 1.29 is 0 Å². The Bertz CT molecular complexity index is 153. The Hall–Kier alpha value is -0.0400. The lowest BCUT2D eigenvalue weighted by molar-refractivity contribution is 0.252. The van der Waals surface area contributed by atoms with Crippen LogP contribution in [0.5, 0.6) is 0 Å². The van der Waals surface area contributed by atoms with Crippen molar-refractivity contribution in [1.82, 2.24) is 0 Å². The van der Waals surface area contributed by atoms with Crippen molar-refractivity contribution in [3.05, 3.63) is 0 Å². The van der Waals surface area contributed by atoms with Crippen molar-refractivity contribution in [2.24, 2.45) is 16.6 Å². The first-order chi connectivity index (χ1) is 4.21. The SMILES string of the molecule is CC(C)(C)C1(N)CC1(C)C.